The summed E-state index contributed by atoms with van der Waals surface area (Å²) in [6, 6.07) is 16.0. The minimum Gasteiger partial charge on any atom is -0.368 e. The lowest BCUT2D eigenvalue weighted by Gasteiger charge is -2.32. The fourth-order valence-corrected chi connectivity index (χ4v) is 3.54. The molecular weight excluding hydrogens is 308 g/mol. The van der Waals surface area contributed by atoms with Gasteiger partial charge in [-0.1, -0.05) is 42.0 Å². The van der Waals surface area contributed by atoms with E-state index in [0.717, 1.165) is 54.2 Å². The fourth-order valence-electron chi connectivity index (χ4n) is 3.54. The molecule has 1 fully saturated rings. The minimum absolute atomic E-state index is 0.125. The quantitative estimate of drug-likeness (QED) is 0.801. The standard InChI is InChI=1S/C22H22N2O/c1-16-9-11-17(12-10-16)23-20-15-21(24-13-5-2-6-14-24)22(25)19-8-4-3-7-18(19)20/h3-4,7-12,15H,2,5-6,13-14H2,1H3. The number of Topliss-reactive ketones (excluding diaryl/α,β-unsaturated/α-hetero) is 1. The molecule has 2 aromatic carbocycles. The molecule has 2 aliphatic rings. The van der Waals surface area contributed by atoms with Gasteiger partial charge in [-0.2, -0.15) is 0 Å². The van der Waals surface area contributed by atoms with Crippen molar-refractivity contribution in [2.24, 2.45) is 4.99 Å². The molecule has 1 aliphatic carbocycles. The van der Waals surface area contributed by atoms with Gasteiger partial charge in [0, 0.05) is 24.2 Å². The number of aliphatic imine (C=N–C) groups is 1. The van der Waals surface area contributed by atoms with Crippen LogP contribution >= 0.6 is 0 Å². The van der Waals surface area contributed by atoms with Crippen LogP contribution < -0.4 is 0 Å². The van der Waals surface area contributed by atoms with Gasteiger partial charge >= 0.3 is 0 Å². The highest BCUT2D eigenvalue weighted by atomic mass is 16.1. The van der Waals surface area contributed by atoms with Gasteiger partial charge in [0.15, 0.2) is 0 Å². The number of carbonyl (C=O) groups excluding carboxylic acids is 1. The predicted octanol–water partition coefficient (Wildman–Crippen LogP) is 4.68. The molecule has 3 heteroatoms. The average molecular weight is 330 g/mol. The van der Waals surface area contributed by atoms with Gasteiger partial charge in [0.25, 0.3) is 0 Å². The smallest absolute Gasteiger partial charge is 0.209 e. The summed E-state index contributed by atoms with van der Waals surface area (Å²) in [6.07, 6.45) is 5.53. The Morgan fingerprint density at radius 3 is 2.28 bits per heavy atom. The van der Waals surface area contributed by atoms with Crippen LogP contribution in [0, 0.1) is 6.92 Å². The SMILES string of the molecule is Cc1ccc(N=C2C=C(N3CCCCC3)C(=O)c3ccccc32)cc1. The number of piperidine rings is 1. The van der Waals surface area contributed by atoms with Crippen LogP contribution in [0.15, 0.2) is 65.3 Å². The number of rotatable bonds is 2. The summed E-state index contributed by atoms with van der Waals surface area (Å²) in [5.41, 5.74) is 5.49. The second kappa shape index (κ2) is 6.67. The van der Waals surface area contributed by atoms with E-state index in [1.54, 1.807) is 0 Å². The average Bonchev–Trinajstić information content (AvgIpc) is 2.66. The molecule has 4 rings (SSSR count). The van der Waals surface area contributed by atoms with E-state index in [-0.39, 0.29) is 5.78 Å². The van der Waals surface area contributed by atoms with Gasteiger partial charge in [-0.05, 0) is 44.4 Å². The molecule has 1 saturated heterocycles. The van der Waals surface area contributed by atoms with Crippen LogP contribution in [-0.4, -0.2) is 29.5 Å². The van der Waals surface area contributed by atoms with Gasteiger partial charge in [0.1, 0.15) is 0 Å². The third-order valence-electron chi connectivity index (χ3n) is 4.93. The van der Waals surface area contributed by atoms with E-state index >= 15 is 0 Å². The van der Waals surface area contributed by atoms with Gasteiger partial charge in [-0.3, -0.25) is 4.79 Å². The highest BCUT2D eigenvalue weighted by molar-refractivity contribution is 6.26. The Kier molecular flexibility index (Phi) is 4.22. The van der Waals surface area contributed by atoms with E-state index in [4.69, 9.17) is 4.99 Å². The molecule has 1 heterocycles. The maximum absolute atomic E-state index is 13.0. The van der Waals surface area contributed by atoms with Crippen molar-refractivity contribution in [1.29, 1.82) is 0 Å². The van der Waals surface area contributed by atoms with E-state index < -0.39 is 0 Å². The van der Waals surface area contributed by atoms with Gasteiger partial charge in [0.05, 0.1) is 17.1 Å². The lowest BCUT2D eigenvalue weighted by molar-refractivity contribution is 0.0982. The lowest BCUT2D eigenvalue weighted by Crippen LogP contribution is -2.35. The van der Waals surface area contributed by atoms with Gasteiger partial charge < -0.3 is 4.90 Å². The molecule has 0 atom stereocenters. The van der Waals surface area contributed by atoms with Gasteiger partial charge in [-0.15, -0.1) is 0 Å². The molecule has 0 aromatic heterocycles. The number of nitrogens with zero attached hydrogens (tertiary/aromatic N) is 2. The third kappa shape index (κ3) is 3.14. The monoisotopic (exact) mass is 330 g/mol. The zero-order chi connectivity index (χ0) is 17.2. The number of fused-ring (bicyclic) bond motifs is 1. The maximum atomic E-state index is 13.0. The topological polar surface area (TPSA) is 32.7 Å². The lowest BCUT2D eigenvalue weighted by atomic mass is 9.90. The molecule has 25 heavy (non-hydrogen) atoms. The molecule has 0 N–H and O–H groups in total. The van der Waals surface area contributed by atoms with E-state index in [0.29, 0.717) is 0 Å². The van der Waals surface area contributed by atoms with Crippen molar-refractivity contribution in [1.82, 2.24) is 4.90 Å². The molecule has 0 amide bonds. The Balaban J connectivity index is 1.80. The summed E-state index contributed by atoms with van der Waals surface area (Å²) in [5, 5.41) is 0. The fraction of sp³-hybridized carbons (Fsp3) is 0.273. The molecule has 0 bridgehead atoms. The van der Waals surface area contributed by atoms with Gasteiger partial charge in [0.2, 0.25) is 5.78 Å². The first-order valence-corrected chi connectivity index (χ1v) is 8.98. The molecule has 0 spiro atoms. The summed E-state index contributed by atoms with van der Waals surface area (Å²) in [6.45, 7) is 3.98. The summed E-state index contributed by atoms with van der Waals surface area (Å²) < 4.78 is 0. The maximum Gasteiger partial charge on any atom is 0.209 e. The van der Waals surface area contributed by atoms with E-state index in [2.05, 4.69) is 24.0 Å². The van der Waals surface area contributed by atoms with Crippen LogP contribution in [0.1, 0.15) is 40.7 Å². The van der Waals surface area contributed by atoms with Crippen LogP contribution in [0.25, 0.3) is 0 Å². The van der Waals surface area contributed by atoms with Crippen LogP contribution in [-0.2, 0) is 0 Å². The Bertz CT molecular complexity index is 856. The zero-order valence-electron chi connectivity index (χ0n) is 14.5. The van der Waals surface area contributed by atoms with Crippen molar-refractivity contribution in [2.75, 3.05) is 13.1 Å². The Labute approximate surface area is 148 Å². The van der Waals surface area contributed by atoms with Crippen LogP contribution in [0.4, 0.5) is 5.69 Å². The zero-order valence-corrected chi connectivity index (χ0v) is 14.5. The predicted molar refractivity (Wildman–Crippen MR) is 102 cm³/mol. The first-order valence-electron chi connectivity index (χ1n) is 8.98. The van der Waals surface area contributed by atoms with Crippen LogP contribution in [0.3, 0.4) is 0 Å². The first kappa shape index (κ1) is 15.8. The first-order chi connectivity index (χ1) is 12.2. The van der Waals surface area contributed by atoms with Crippen molar-refractivity contribution in [3.8, 4) is 0 Å². The summed E-state index contributed by atoms with van der Waals surface area (Å²) >= 11 is 0. The molecule has 2 aromatic rings. The molecular formula is C22H22N2O. The van der Waals surface area contributed by atoms with Crippen molar-refractivity contribution < 1.29 is 4.79 Å². The van der Waals surface area contributed by atoms with E-state index in [9.17, 15) is 4.79 Å². The molecule has 0 radical (unpaired) electrons. The van der Waals surface area contributed by atoms with Crippen molar-refractivity contribution in [3.05, 3.63) is 77.0 Å². The summed E-state index contributed by atoms with van der Waals surface area (Å²) in [4.78, 5) is 20.1. The van der Waals surface area contributed by atoms with Crippen molar-refractivity contribution in [2.45, 2.75) is 26.2 Å². The number of ketones is 1. The number of benzene rings is 2. The minimum atomic E-state index is 0.125. The molecule has 1 aliphatic heterocycles. The number of hydrogen-bond acceptors (Lipinski definition) is 3. The number of allylic oxidation sites excluding steroid dienone is 2. The molecule has 126 valence electrons. The molecule has 0 saturated carbocycles. The molecule has 3 nitrogen and oxygen atoms in total. The van der Waals surface area contributed by atoms with Crippen LogP contribution in [0.2, 0.25) is 0 Å². The third-order valence-corrected chi connectivity index (χ3v) is 4.93. The van der Waals surface area contributed by atoms with Crippen LogP contribution in [0.5, 0.6) is 0 Å². The summed E-state index contributed by atoms with van der Waals surface area (Å²) in [5.74, 6) is 0.125. The Morgan fingerprint density at radius 1 is 0.880 bits per heavy atom. The number of likely N-dealkylation sites (tertiary alicyclic amines) is 1. The van der Waals surface area contributed by atoms with E-state index in [1.165, 1.54) is 12.0 Å². The Morgan fingerprint density at radius 2 is 1.56 bits per heavy atom. The number of aryl methyl sites for hydroxylation is 1. The molecule has 0 unspecified atom stereocenters. The highest BCUT2D eigenvalue weighted by Gasteiger charge is 2.28. The normalized spacial score (nSPS) is 18.9. The largest absolute Gasteiger partial charge is 0.368 e. The van der Waals surface area contributed by atoms with E-state index in [1.807, 2.05) is 42.5 Å². The second-order valence-corrected chi connectivity index (χ2v) is 6.78. The number of hydrogen-bond donors (Lipinski definition) is 0. The highest BCUT2D eigenvalue weighted by Crippen LogP contribution is 2.27. The Hall–Kier alpha value is -2.68. The summed E-state index contributed by atoms with van der Waals surface area (Å²) in [7, 11) is 0. The number of carbonyl (C=O) groups is 1. The van der Waals surface area contributed by atoms with Gasteiger partial charge in [-0.25, -0.2) is 4.99 Å². The van der Waals surface area contributed by atoms with Crippen molar-refractivity contribution >= 4 is 17.2 Å². The second-order valence-electron chi connectivity index (χ2n) is 6.78. The van der Waals surface area contributed by atoms with Crippen molar-refractivity contribution in [3.63, 3.8) is 0 Å².